The first-order valence-electron chi connectivity index (χ1n) is 4.56. The van der Waals surface area contributed by atoms with Crippen LogP contribution in [0.25, 0.3) is 0 Å². The summed E-state index contributed by atoms with van der Waals surface area (Å²) in [5, 5.41) is 9.35. The second kappa shape index (κ2) is 4.79. The van der Waals surface area contributed by atoms with Gasteiger partial charge in [-0.15, -0.1) is 0 Å². The molecule has 0 atom stereocenters. The lowest BCUT2D eigenvalue weighted by Gasteiger charge is -2.27. The van der Waals surface area contributed by atoms with Crippen molar-refractivity contribution in [3.8, 4) is 5.75 Å². The fourth-order valence-electron chi connectivity index (χ4n) is 1.31. The Kier molecular flexibility index (Phi) is 3.82. The van der Waals surface area contributed by atoms with Gasteiger partial charge in [-0.1, -0.05) is 6.07 Å². The molecule has 0 unspecified atom stereocenters. The average Bonchev–Trinajstić information content (AvgIpc) is 2.28. The maximum atomic E-state index is 12.6. The molecule has 0 saturated heterocycles. The van der Waals surface area contributed by atoms with Crippen LogP contribution in [0.4, 0.5) is 23.2 Å². The highest BCUT2D eigenvalue weighted by molar-refractivity contribution is 5.55. The zero-order valence-corrected chi connectivity index (χ0v) is 8.83. The summed E-state index contributed by atoms with van der Waals surface area (Å²) in [6, 6.07) is 2.90. The first kappa shape index (κ1) is 13.6. The number of nitrogen functional groups attached to an aromatic ring is 1. The van der Waals surface area contributed by atoms with Crippen LogP contribution in [-0.2, 0) is 5.60 Å². The van der Waals surface area contributed by atoms with Crippen molar-refractivity contribution in [2.75, 3.05) is 12.8 Å². The monoisotopic (exact) mass is 253 g/mol. The number of hydrogen-bond acceptors (Lipinski definition) is 3. The summed E-state index contributed by atoms with van der Waals surface area (Å²) >= 11 is 0. The average molecular weight is 253 g/mol. The molecule has 0 spiro atoms. The molecule has 96 valence electrons. The largest absolute Gasteiger partial charge is 0.495 e. The van der Waals surface area contributed by atoms with E-state index in [0.29, 0.717) is 0 Å². The van der Waals surface area contributed by atoms with Gasteiger partial charge in [0.2, 0.25) is 5.60 Å². The van der Waals surface area contributed by atoms with E-state index in [0.717, 1.165) is 18.2 Å². The number of aliphatic hydroxyl groups is 1. The minimum atomic E-state index is -3.63. The number of hydrogen-bond donors (Lipinski definition) is 2. The van der Waals surface area contributed by atoms with Gasteiger partial charge < -0.3 is 15.6 Å². The smallest absolute Gasteiger partial charge is 0.276 e. The summed E-state index contributed by atoms with van der Waals surface area (Å²) < 4.78 is 54.9. The zero-order valence-electron chi connectivity index (χ0n) is 8.83. The first-order valence-corrected chi connectivity index (χ1v) is 4.56. The van der Waals surface area contributed by atoms with Crippen LogP contribution in [0.2, 0.25) is 0 Å². The first-order chi connectivity index (χ1) is 7.83. The lowest BCUT2D eigenvalue weighted by atomic mass is 9.94. The van der Waals surface area contributed by atoms with Crippen molar-refractivity contribution in [3.63, 3.8) is 0 Å². The summed E-state index contributed by atoms with van der Waals surface area (Å²) in [5.41, 5.74) is 1.34. The highest BCUT2D eigenvalue weighted by Crippen LogP contribution is 2.37. The number of alkyl halides is 4. The van der Waals surface area contributed by atoms with Crippen molar-refractivity contribution < 1.29 is 27.4 Å². The zero-order chi connectivity index (χ0) is 13.2. The molecule has 1 rings (SSSR count). The van der Waals surface area contributed by atoms with Gasteiger partial charge >= 0.3 is 0 Å². The van der Waals surface area contributed by atoms with Crippen molar-refractivity contribution in [2.24, 2.45) is 0 Å². The molecule has 0 fully saturated rings. The van der Waals surface area contributed by atoms with Gasteiger partial charge in [0.25, 0.3) is 12.9 Å². The highest BCUT2D eigenvalue weighted by Gasteiger charge is 2.48. The predicted octanol–water partition coefficient (Wildman–Crippen LogP) is 2.00. The molecule has 0 aliphatic heterocycles. The molecule has 1 aromatic rings. The number of nitrogens with two attached hydrogens (primary N) is 1. The minimum absolute atomic E-state index is 0.0535. The van der Waals surface area contributed by atoms with Gasteiger partial charge in [-0.3, -0.25) is 0 Å². The molecule has 1 aromatic carbocycles. The van der Waals surface area contributed by atoms with E-state index in [4.69, 9.17) is 10.5 Å². The molecule has 0 radical (unpaired) electrons. The van der Waals surface area contributed by atoms with Gasteiger partial charge in [0.1, 0.15) is 5.75 Å². The molecule has 3 N–H and O–H groups in total. The van der Waals surface area contributed by atoms with E-state index >= 15 is 0 Å². The molecule has 0 aliphatic carbocycles. The van der Waals surface area contributed by atoms with Gasteiger partial charge in [-0.2, -0.15) is 0 Å². The van der Waals surface area contributed by atoms with Crippen LogP contribution >= 0.6 is 0 Å². The molecule has 0 bridgehead atoms. The van der Waals surface area contributed by atoms with Crippen molar-refractivity contribution in [1.82, 2.24) is 0 Å². The van der Waals surface area contributed by atoms with Gasteiger partial charge in [0, 0.05) is 0 Å². The highest BCUT2D eigenvalue weighted by atomic mass is 19.3. The van der Waals surface area contributed by atoms with E-state index in [2.05, 4.69) is 0 Å². The second-order valence-corrected chi connectivity index (χ2v) is 3.38. The lowest BCUT2D eigenvalue weighted by Crippen LogP contribution is -2.41. The Labute approximate surface area is 94.8 Å². The maximum Gasteiger partial charge on any atom is 0.276 e. The van der Waals surface area contributed by atoms with E-state index in [1.54, 1.807) is 0 Å². The van der Waals surface area contributed by atoms with E-state index < -0.39 is 24.0 Å². The summed E-state index contributed by atoms with van der Waals surface area (Å²) in [6.07, 6.45) is -7.26. The van der Waals surface area contributed by atoms with Crippen LogP contribution in [-0.4, -0.2) is 25.1 Å². The Bertz CT molecular complexity index is 390. The molecule has 0 aromatic heterocycles. The van der Waals surface area contributed by atoms with Crippen LogP contribution in [0.5, 0.6) is 5.75 Å². The molecule has 0 amide bonds. The number of anilines is 1. The molecule has 7 heteroatoms. The predicted molar refractivity (Wildman–Crippen MR) is 53.3 cm³/mol. The number of rotatable bonds is 4. The Hall–Kier alpha value is -1.50. The molecule has 0 heterocycles. The van der Waals surface area contributed by atoms with Crippen LogP contribution < -0.4 is 10.5 Å². The normalized spacial score (nSPS) is 12.2. The van der Waals surface area contributed by atoms with Crippen LogP contribution in [0, 0.1) is 0 Å². The lowest BCUT2D eigenvalue weighted by molar-refractivity contribution is -0.183. The molecule has 0 saturated carbocycles. The molecule has 0 aliphatic rings. The van der Waals surface area contributed by atoms with Crippen molar-refractivity contribution in [3.05, 3.63) is 23.8 Å². The summed E-state index contributed by atoms with van der Waals surface area (Å²) in [6.45, 7) is 0. The van der Waals surface area contributed by atoms with E-state index in [-0.39, 0.29) is 11.4 Å². The molecular weight excluding hydrogens is 242 g/mol. The SMILES string of the molecule is COc1cc(C(O)(C(F)F)C(F)F)ccc1N. The fraction of sp³-hybridized carbons (Fsp3) is 0.400. The van der Waals surface area contributed by atoms with E-state index in [1.165, 1.54) is 7.11 Å². The number of benzene rings is 1. The third-order valence-corrected chi connectivity index (χ3v) is 2.36. The van der Waals surface area contributed by atoms with Crippen LogP contribution in [0.1, 0.15) is 5.56 Å². The Morgan fingerprint density at radius 3 is 2.18 bits per heavy atom. The van der Waals surface area contributed by atoms with Crippen LogP contribution in [0.15, 0.2) is 18.2 Å². The number of methoxy groups -OCH3 is 1. The van der Waals surface area contributed by atoms with Crippen molar-refractivity contribution in [1.29, 1.82) is 0 Å². The third kappa shape index (κ3) is 2.28. The Morgan fingerprint density at radius 2 is 1.76 bits per heavy atom. The standard InChI is InChI=1S/C10H11F4NO2/c1-17-7-4-5(2-3-6(7)15)10(16,8(11)12)9(13)14/h2-4,8-9,16H,15H2,1H3. The van der Waals surface area contributed by atoms with E-state index in [1.807, 2.05) is 0 Å². The second-order valence-electron chi connectivity index (χ2n) is 3.38. The van der Waals surface area contributed by atoms with Crippen molar-refractivity contribution >= 4 is 5.69 Å². The Balaban J connectivity index is 3.30. The van der Waals surface area contributed by atoms with Crippen molar-refractivity contribution in [2.45, 2.75) is 18.5 Å². The minimum Gasteiger partial charge on any atom is -0.495 e. The number of halogens is 4. The van der Waals surface area contributed by atoms with Gasteiger partial charge in [0.15, 0.2) is 0 Å². The number of ether oxygens (including phenoxy) is 1. The quantitative estimate of drug-likeness (QED) is 0.637. The maximum absolute atomic E-state index is 12.6. The van der Waals surface area contributed by atoms with Crippen LogP contribution in [0.3, 0.4) is 0 Å². The molecular formula is C10H11F4NO2. The fourth-order valence-corrected chi connectivity index (χ4v) is 1.31. The van der Waals surface area contributed by atoms with E-state index in [9.17, 15) is 22.7 Å². The molecule has 17 heavy (non-hydrogen) atoms. The van der Waals surface area contributed by atoms with Gasteiger partial charge in [0.05, 0.1) is 12.8 Å². The Morgan fingerprint density at radius 1 is 1.24 bits per heavy atom. The van der Waals surface area contributed by atoms with Gasteiger partial charge in [-0.25, -0.2) is 17.6 Å². The third-order valence-electron chi connectivity index (χ3n) is 2.36. The van der Waals surface area contributed by atoms with Gasteiger partial charge in [-0.05, 0) is 17.7 Å². The summed E-state index contributed by atoms with van der Waals surface area (Å²) in [4.78, 5) is 0. The molecule has 3 nitrogen and oxygen atoms in total. The topological polar surface area (TPSA) is 55.5 Å². The summed E-state index contributed by atoms with van der Waals surface area (Å²) in [7, 11) is 1.21. The summed E-state index contributed by atoms with van der Waals surface area (Å²) in [5.74, 6) is -0.0535.